The van der Waals surface area contributed by atoms with Crippen LogP contribution in [0.2, 0.25) is 0 Å². The summed E-state index contributed by atoms with van der Waals surface area (Å²) in [6.45, 7) is 2.51. The van der Waals surface area contributed by atoms with Crippen LogP contribution in [0, 0.1) is 6.92 Å². The Labute approximate surface area is 138 Å². The minimum Gasteiger partial charge on any atom is -0.265 e. The van der Waals surface area contributed by atoms with Crippen LogP contribution in [0.3, 0.4) is 0 Å². The molecule has 1 spiro atoms. The van der Waals surface area contributed by atoms with Crippen LogP contribution in [0.4, 0.5) is 5.69 Å². The monoisotopic (exact) mass is 327 g/mol. The maximum Gasteiger partial charge on any atom is 0.264 e. The molecule has 2 aliphatic rings. The third kappa shape index (κ3) is 2.19. The van der Waals surface area contributed by atoms with Gasteiger partial charge in [-0.15, -0.1) is 0 Å². The smallest absolute Gasteiger partial charge is 0.264 e. The maximum atomic E-state index is 13.2. The van der Waals surface area contributed by atoms with Crippen molar-refractivity contribution in [2.24, 2.45) is 0 Å². The topological polar surface area (TPSA) is 37.4 Å². The predicted octanol–water partition coefficient (Wildman–Crippen LogP) is 4.02. The van der Waals surface area contributed by atoms with Crippen LogP contribution in [0.1, 0.15) is 36.8 Å². The van der Waals surface area contributed by atoms with E-state index in [9.17, 15) is 8.42 Å². The second kappa shape index (κ2) is 5.10. The largest absolute Gasteiger partial charge is 0.265 e. The van der Waals surface area contributed by atoms with Crippen molar-refractivity contribution in [3.05, 3.63) is 59.7 Å². The van der Waals surface area contributed by atoms with E-state index in [1.165, 1.54) is 18.4 Å². The van der Waals surface area contributed by atoms with Gasteiger partial charge in [-0.3, -0.25) is 4.31 Å². The van der Waals surface area contributed by atoms with E-state index in [0.717, 1.165) is 24.1 Å². The molecule has 2 aromatic carbocycles. The summed E-state index contributed by atoms with van der Waals surface area (Å²) < 4.78 is 28.1. The van der Waals surface area contributed by atoms with E-state index in [-0.39, 0.29) is 5.41 Å². The first kappa shape index (κ1) is 14.8. The zero-order chi connectivity index (χ0) is 16.1. The van der Waals surface area contributed by atoms with Gasteiger partial charge in [0, 0.05) is 12.0 Å². The van der Waals surface area contributed by atoms with Crippen LogP contribution in [0.15, 0.2) is 53.4 Å². The minimum atomic E-state index is -3.50. The van der Waals surface area contributed by atoms with Gasteiger partial charge in [0.25, 0.3) is 10.0 Å². The standard InChI is InChI=1S/C19H21NO2S/c1-15-7-6-8-16(13-15)23(21,22)20-14-19(11-4-5-12-19)17-9-2-3-10-18(17)20/h2-3,6-10,13H,4-5,11-12,14H2,1H3. The highest BCUT2D eigenvalue weighted by Crippen LogP contribution is 2.51. The van der Waals surface area contributed by atoms with Crippen LogP contribution in [-0.4, -0.2) is 15.0 Å². The zero-order valence-electron chi connectivity index (χ0n) is 13.3. The summed E-state index contributed by atoms with van der Waals surface area (Å²) in [6.07, 6.45) is 4.55. The van der Waals surface area contributed by atoms with Crippen molar-refractivity contribution in [2.75, 3.05) is 10.8 Å². The number of sulfonamides is 1. The van der Waals surface area contributed by atoms with Crippen molar-refractivity contribution in [1.82, 2.24) is 0 Å². The Hall–Kier alpha value is -1.81. The molecule has 1 aliphatic heterocycles. The molecule has 1 saturated carbocycles. The van der Waals surface area contributed by atoms with E-state index < -0.39 is 10.0 Å². The predicted molar refractivity (Wildman–Crippen MR) is 92.3 cm³/mol. The van der Waals surface area contributed by atoms with Gasteiger partial charge in [0.1, 0.15) is 0 Å². The molecule has 0 saturated heterocycles. The molecular formula is C19H21NO2S. The number of nitrogens with zero attached hydrogens (tertiary/aromatic N) is 1. The number of aryl methyl sites for hydroxylation is 1. The normalized spacial score (nSPS) is 19.3. The highest BCUT2D eigenvalue weighted by Gasteiger charge is 2.47. The summed E-state index contributed by atoms with van der Waals surface area (Å²) in [5, 5.41) is 0. The van der Waals surface area contributed by atoms with Crippen LogP contribution in [0.5, 0.6) is 0 Å². The second-order valence-corrected chi connectivity index (χ2v) is 8.70. The fourth-order valence-electron chi connectivity index (χ4n) is 4.18. The van der Waals surface area contributed by atoms with Crippen LogP contribution >= 0.6 is 0 Å². The second-order valence-electron chi connectivity index (χ2n) is 6.83. The van der Waals surface area contributed by atoms with Crippen LogP contribution in [0.25, 0.3) is 0 Å². The summed E-state index contributed by atoms with van der Waals surface area (Å²) >= 11 is 0. The molecule has 0 amide bonds. The first-order chi connectivity index (χ1) is 11.0. The number of rotatable bonds is 2. The van der Waals surface area contributed by atoms with Gasteiger partial charge in [0.2, 0.25) is 0 Å². The lowest BCUT2D eigenvalue weighted by Gasteiger charge is -2.25. The Morgan fingerprint density at radius 1 is 1.00 bits per heavy atom. The molecule has 0 bridgehead atoms. The van der Waals surface area contributed by atoms with Crippen molar-refractivity contribution in [3.8, 4) is 0 Å². The number of benzene rings is 2. The van der Waals surface area contributed by atoms with Crippen molar-refractivity contribution >= 4 is 15.7 Å². The van der Waals surface area contributed by atoms with Gasteiger partial charge < -0.3 is 0 Å². The Bertz CT molecular complexity index is 851. The van der Waals surface area contributed by atoms with Gasteiger partial charge in [-0.25, -0.2) is 8.42 Å². The molecule has 0 atom stereocenters. The Kier molecular flexibility index (Phi) is 3.27. The molecule has 2 aromatic rings. The molecular weight excluding hydrogens is 306 g/mol. The number of hydrogen-bond donors (Lipinski definition) is 0. The number of hydrogen-bond acceptors (Lipinski definition) is 2. The molecule has 0 radical (unpaired) electrons. The molecule has 0 aromatic heterocycles. The average molecular weight is 327 g/mol. The number of anilines is 1. The molecule has 3 nitrogen and oxygen atoms in total. The fourth-order valence-corrected chi connectivity index (χ4v) is 5.86. The maximum absolute atomic E-state index is 13.2. The van der Waals surface area contributed by atoms with E-state index in [4.69, 9.17) is 0 Å². The summed E-state index contributed by atoms with van der Waals surface area (Å²) in [5.74, 6) is 0. The highest BCUT2D eigenvalue weighted by atomic mass is 32.2. The summed E-state index contributed by atoms with van der Waals surface area (Å²) in [6, 6.07) is 15.2. The molecule has 1 heterocycles. The average Bonchev–Trinajstić information content (AvgIpc) is 3.15. The van der Waals surface area contributed by atoms with Crippen molar-refractivity contribution in [2.45, 2.75) is 42.9 Å². The van der Waals surface area contributed by atoms with Gasteiger partial charge in [0.15, 0.2) is 0 Å². The molecule has 4 heteroatoms. The van der Waals surface area contributed by atoms with Crippen LogP contribution in [-0.2, 0) is 15.4 Å². The molecule has 0 unspecified atom stereocenters. The van der Waals surface area contributed by atoms with Crippen molar-refractivity contribution in [1.29, 1.82) is 0 Å². The minimum absolute atomic E-state index is 0.0213. The SMILES string of the molecule is Cc1cccc(S(=O)(=O)N2CC3(CCCC3)c3ccccc32)c1. The zero-order valence-corrected chi connectivity index (χ0v) is 14.1. The molecule has 1 aliphatic carbocycles. The molecule has 4 rings (SSSR count). The highest BCUT2D eigenvalue weighted by molar-refractivity contribution is 7.92. The molecule has 0 N–H and O–H groups in total. The van der Waals surface area contributed by atoms with E-state index in [2.05, 4.69) is 6.07 Å². The van der Waals surface area contributed by atoms with E-state index >= 15 is 0 Å². The number of para-hydroxylation sites is 1. The Balaban J connectivity index is 1.84. The summed E-state index contributed by atoms with van der Waals surface area (Å²) in [7, 11) is -3.50. The van der Waals surface area contributed by atoms with E-state index in [0.29, 0.717) is 11.4 Å². The van der Waals surface area contributed by atoms with Gasteiger partial charge in [-0.2, -0.15) is 0 Å². The first-order valence-electron chi connectivity index (χ1n) is 8.22. The third-order valence-electron chi connectivity index (χ3n) is 5.33. The summed E-state index contributed by atoms with van der Waals surface area (Å²) in [5.41, 5.74) is 3.08. The quantitative estimate of drug-likeness (QED) is 0.835. The van der Waals surface area contributed by atoms with Crippen molar-refractivity contribution in [3.63, 3.8) is 0 Å². The first-order valence-corrected chi connectivity index (χ1v) is 9.66. The third-order valence-corrected chi connectivity index (χ3v) is 7.08. The Morgan fingerprint density at radius 3 is 2.48 bits per heavy atom. The Morgan fingerprint density at radius 2 is 1.74 bits per heavy atom. The lowest BCUT2D eigenvalue weighted by molar-refractivity contribution is 0.477. The summed E-state index contributed by atoms with van der Waals surface area (Å²) in [4.78, 5) is 0.391. The van der Waals surface area contributed by atoms with Gasteiger partial charge in [0.05, 0.1) is 10.6 Å². The van der Waals surface area contributed by atoms with E-state index in [1.54, 1.807) is 16.4 Å². The number of fused-ring (bicyclic) bond motifs is 2. The fraction of sp³-hybridized carbons (Fsp3) is 0.368. The lowest BCUT2D eigenvalue weighted by Crippen LogP contribution is -2.35. The van der Waals surface area contributed by atoms with Crippen LogP contribution < -0.4 is 4.31 Å². The van der Waals surface area contributed by atoms with Gasteiger partial charge >= 0.3 is 0 Å². The van der Waals surface area contributed by atoms with Gasteiger partial charge in [-0.05, 0) is 49.1 Å². The molecule has 1 fully saturated rings. The lowest BCUT2D eigenvalue weighted by atomic mass is 9.81. The van der Waals surface area contributed by atoms with E-state index in [1.807, 2.05) is 37.3 Å². The van der Waals surface area contributed by atoms with Crippen molar-refractivity contribution < 1.29 is 8.42 Å². The molecule has 120 valence electrons. The molecule has 23 heavy (non-hydrogen) atoms. The van der Waals surface area contributed by atoms with Gasteiger partial charge in [-0.1, -0.05) is 43.2 Å².